The Morgan fingerprint density at radius 3 is 2.75 bits per heavy atom. The highest BCUT2D eigenvalue weighted by Gasteiger charge is 2.13. The molecule has 1 aliphatic heterocycles. The largest absolute Gasteiger partial charge is 0.376 e. The Kier molecular flexibility index (Phi) is 4.78. The van der Waals surface area contributed by atoms with Gasteiger partial charge < -0.3 is 14.8 Å². The molecule has 0 aliphatic carbocycles. The van der Waals surface area contributed by atoms with Gasteiger partial charge in [0.2, 0.25) is 0 Å². The fraction of sp³-hybridized carbons (Fsp3) is 0.500. The Morgan fingerprint density at radius 1 is 1.25 bits per heavy atom. The molecule has 1 aliphatic rings. The number of hydrogen-bond acceptors (Lipinski definition) is 3. The van der Waals surface area contributed by atoms with E-state index in [2.05, 4.69) is 45.5 Å². The highest BCUT2D eigenvalue weighted by atomic mass is 79.9. The van der Waals surface area contributed by atoms with Crippen molar-refractivity contribution >= 4 is 15.9 Å². The molecule has 4 heteroatoms. The number of halogens is 1. The molecular formula is C12H16BrNO2. The highest BCUT2D eigenvalue weighted by Crippen LogP contribution is 2.10. The van der Waals surface area contributed by atoms with Crippen molar-refractivity contribution in [3.8, 4) is 0 Å². The first-order valence-electron chi connectivity index (χ1n) is 5.49. The minimum Gasteiger partial charge on any atom is -0.376 e. The lowest BCUT2D eigenvalue weighted by molar-refractivity contribution is -0.0864. The molecule has 0 radical (unpaired) electrons. The van der Waals surface area contributed by atoms with Crippen molar-refractivity contribution < 1.29 is 9.47 Å². The fourth-order valence-electron chi connectivity index (χ4n) is 1.63. The van der Waals surface area contributed by atoms with Crippen molar-refractivity contribution in [3.63, 3.8) is 0 Å². The third-order valence-corrected chi connectivity index (χ3v) is 3.03. The van der Waals surface area contributed by atoms with E-state index in [1.54, 1.807) is 0 Å². The zero-order valence-corrected chi connectivity index (χ0v) is 10.7. The van der Waals surface area contributed by atoms with E-state index < -0.39 is 0 Å². The standard InChI is InChI=1S/C12H16BrNO2/c13-11-3-1-10(2-4-11)7-14-8-12-9-15-5-6-16-12/h1-4,12,14H,5-9H2. The lowest BCUT2D eigenvalue weighted by Gasteiger charge is -2.23. The lowest BCUT2D eigenvalue weighted by atomic mass is 10.2. The van der Waals surface area contributed by atoms with Gasteiger partial charge in [0.05, 0.1) is 25.9 Å². The molecule has 1 fully saturated rings. The van der Waals surface area contributed by atoms with Gasteiger partial charge in [-0.25, -0.2) is 0 Å². The Labute approximate surface area is 104 Å². The Balaban J connectivity index is 1.69. The number of rotatable bonds is 4. The Bertz CT molecular complexity index is 309. The molecule has 1 aromatic rings. The summed E-state index contributed by atoms with van der Waals surface area (Å²) in [6.07, 6.45) is 0.198. The van der Waals surface area contributed by atoms with E-state index in [1.165, 1.54) is 5.56 Å². The quantitative estimate of drug-likeness (QED) is 0.917. The van der Waals surface area contributed by atoms with Crippen LogP contribution in [-0.4, -0.2) is 32.5 Å². The maximum atomic E-state index is 5.54. The molecule has 1 aromatic carbocycles. The second kappa shape index (κ2) is 6.35. The van der Waals surface area contributed by atoms with E-state index in [0.29, 0.717) is 13.2 Å². The molecule has 1 heterocycles. The minimum atomic E-state index is 0.198. The van der Waals surface area contributed by atoms with Gasteiger partial charge >= 0.3 is 0 Å². The molecule has 1 N–H and O–H groups in total. The first-order valence-corrected chi connectivity index (χ1v) is 6.28. The predicted molar refractivity (Wildman–Crippen MR) is 66.4 cm³/mol. The fourth-order valence-corrected chi connectivity index (χ4v) is 1.90. The number of hydrogen-bond donors (Lipinski definition) is 1. The van der Waals surface area contributed by atoms with Crippen LogP contribution >= 0.6 is 15.9 Å². The number of nitrogens with one attached hydrogen (secondary N) is 1. The van der Waals surface area contributed by atoms with E-state index in [1.807, 2.05) is 0 Å². The van der Waals surface area contributed by atoms with Crippen LogP contribution in [0.2, 0.25) is 0 Å². The highest BCUT2D eigenvalue weighted by molar-refractivity contribution is 9.10. The molecule has 0 spiro atoms. The third kappa shape index (κ3) is 3.87. The smallest absolute Gasteiger partial charge is 0.0933 e. The van der Waals surface area contributed by atoms with Crippen LogP contribution < -0.4 is 5.32 Å². The monoisotopic (exact) mass is 285 g/mol. The first-order chi connectivity index (χ1) is 7.84. The summed E-state index contributed by atoms with van der Waals surface area (Å²) in [6.45, 7) is 3.85. The van der Waals surface area contributed by atoms with Crippen LogP contribution in [0.5, 0.6) is 0 Å². The van der Waals surface area contributed by atoms with Crippen LogP contribution in [0.1, 0.15) is 5.56 Å². The molecule has 0 saturated carbocycles. The summed E-state index contributed by atoms with van der Waals surface area (Å²) in [5, 5.41) is 3.37. The lowest BCUT2D eigenvalue weighted by Crippen LogP contribution is -2.37. The van der Waals surface area contributed by atoms with Gasteiger partial charge in [0.25, 0.3) is 0 Å². The van der Waals surface area contributed by atoms with E-state index in [0.717, 1.165) is 24.2 Å². The van der Waals surface area contributed by atoms with Crippen LogP contribution in [0.4, 0.5) is 0 Å². The van der Waals surface area contributed by atoms with Crippen molar-refractivity contribution in [1.82, 2.24) is 5.32 Å². The molecule has 1 atom stereocenters. The summed E-state index contributed by atoms with van der Waals surface area (Å²) in [6, 6.07) is 8.32. The molecule has 0 bridgehead atoms. The summed E-state index contributed by atoms with van der Waals surface area (Å²) >= 11 is 3.42. The topological polar surface area (TPSA) is 30.5 Å². The number of benzene rings is 1. The van der Waals surface area contributed by atoms with Crippen molar-refractivity contribution in [2.24, 2.45) is 0 Å². The molecule has 0 aromatic heterocycles. The van der Waals surface area contributed by atoms with Crippen LogP contribution in [0, 0.1) is 0 Å². The van der Waals surface area contributed by atoms with E-state index in [4.69, 9.17) is 9.47 Å². The summed E-state index contributed by atoms with van der Waals surface area (Å²) in [4.78, 5) is 0. The summed E-state index contributed by atoms with van der Waals surface area (Å²) in [7, 11) is 0. The summed E-state index contributed by atoms with van der Waals surface area (Å²) in [5.74, 6) is 0. The van der Waals surface area contributed by atoms with E-state index in [9.17, 15) is 0 Å². The Morgan fingerprint density at radius 2 is 2.06 bits per heavy atom. The molecule has 2 rings (SSSR count). The molecule has 88 valence electrons. The van der Waals surface area contributed by atoms with Crippen molar-refractivity contribution in [2.45, 2.75) is 12.6 Å². The average Bonchev–Trinajstić information content (AvgIpc) is 2.33. The van der Waals surface area contributed by atoms with Gasteiger partial charge in [0.15, 0.2) is 0 Å². The van der Waals surface area contributed by atoms with Crippen LogP contribution in [0.15, 0.2) is 28.7 Å². The zero-order valence-electron chi connectivity index (χ0n) is 9.12. The third-order valence-electron chi connectivity index (χ3n) is 2.50. The van der Waals surface area contributed by atoms with E-state index in [-0.39, 0.29) is 6.10 Å². The normalized spacial score (nSPS) is 20.9. The number of ether oxygens (including phenoxy) is 2. The van der Waals surface area contributed by atoms with Gasteiger partial charge in [-0.1, -0.05) is 28.1 Å². The van der Waals surface area contributed by atoms with E-state index >= 15 is 0 Å². The second-order valence-corrected chi connectivity index (χ2v) is 4.74. The first kappa shape index (κ1) is 12.0. The maximum absolute atomic E-state index is 5.54. The molecule has 1 saturated heterocycles. The van der Waals surface area contributed by atoms with Gasteiger partial charge in [-0.15, -0.1) is 0 Å². The van der Waals surface area contributed by atoms with Gasteiger partial charge in [0.1, 0.15) is 0 Å². The van der Waals surface area contributed by atoms with Crippen molar-refractivity contribution in [2.75, 3.05) is 26.4 Å². The zero-order chi connectivity index (χ0) is 11.2. The minimum absolute atomic E-state index is 0.198. The molecule has 1 unspecified atom stereocenters. The SMILES string of the molecule is Brc1ccc(CNCC2COCCO2)cc1. The van der Waals surface area contributed by atoms with Gasteiger partial charge in [-0.3, -0.25) is 0 Å². The predicted octanol–water partition coefficient (Wildman–Crippen LogP) is 1.95. The van der Waals surface area contributed by atoms with Crippen molar-refractivity contribution in [3.05, 3.63) is 34.3 Å². The van der Waals surface area contributed by atoms with Gasteiger partial charge in [-0.2, -0.15) is 0 Å². The molecular weight excluding hydrogens is 270 g/mol. The van der Waals surface area contributed by atoms with Crippen molar-refractivity contribution in [1.29, 1.82) is 0 Å². The van der Waals surface area contributed by atoms with Gasteiger partial charge in [-0.05, 0) is 17.7 Å². The van der Waals surface area contributed by atoms with Crippen LogP contribution in [0.25, 0.3) is 0 Å². The Hall–Kier alpha value is -0.420. The molecule has 0 amide bonds. The molecule has 16 heavy (non-hydrogen) atoms. The van der Waals surface area contributed by atoms with Crippen LogP contribution in [-0.2, 0) is 16.0 Å². The second-order valence-electron chi connectivity index (χ2n) is 3.83. The van der Waals surface area contributed by atoms with Gasteiger partial charge in [0, 0.05) is 17.6 Å². The summed E-state index contributed by atoms with van der Waals surface area (Å²) < 4.78 is 12.0. The maximum Gasteiger partial charge on any atom is 0.0933 e. The average molecular weight is 286 g/mol. The summed E-state index contributed by atoms with van der Waals surface area (Å²) in [5.41, 5.74) is 1.28. The van der Waals surface area contributed by atoms with Crippen LogP contribution in [0.3, 0.4) is 0 Å². The molecule has 3 nitrogen and oxygen atoms in total.